The average molecular weight is 517 g/mol. The van der Waals surface area contributed by atoms with Gasteiger partial charge >= 0.3 is 0 Å². The molecule has 0 unspecified atom stereocenters. The normalized spacial score (nSPS) is 12.4. The largest absolute Gasteiger partial charge is 0.144 e. The second-order valence-corrected chi connectivity index (χ2v) is 12.5. The summed E-state index contributed by atoms with van der Waals surface area (Å²) >= 11 is 8.96. The van der Waals surface area contributed by atoms with Gasteiger partial charge in [-0.25, -0.2) is 0 Å². The molecule has 0 spiro atoms. The molecule has 0 fully saturated rings. The highest BCUT2D eigenvalue weighted by Gasteiger charge is 1.99. The van der Waals surface area contributed by atoms with E-state index in [0.717, 1.165) is 0 Å². The topological polar surface area (TPSA) is 0 Å². The number of hydrogen-bond acceptors (Lipinski definition) is 5. The highest BCUT2D eigenvalue weighted by molar-refractivity contribution is 7.15. The first-order valence-electron chi connectivity index (χ1n) is 10.4. The van der Waals surface area contributed by atoms with Crippen LogP contribution in [0.25, 0.3) is 48.6 Å². The number of hydrogen-bond donors (Lipinski definition) is 0. The Hall–Kier alpha value is -2.54. The van der Waals surface area contributed by atoms with Gasteiger partial charge in [0.2, 0.25) is 0 Å². The molecule has 5 heteroatoms. The monoisotopic (exact) mass is 516 g/mol. The third-order valence-corrected chi connectivity index (χ3v) is 9.40. The summed E-state index contributed by atoms with van der Waals surface area (Å²) in [4.78, 5) is 10.2. The molecule has 5 rings (SSSR count). The molecule has 0 bridgehead atoms. The van der Waals surface area contributed by atoms with E-state index in [1.54, 1.807) is 22.7 Å². The fourth-order valence-electron chi connectivity index (χ4n) is 3.07. The fourth-order valence-corrected chi connectivity index (χ4v) is 6.76. The maximum absolute atomic E-state index is 2.21. The lowest BCUT2D eigenvalue weighted by Gasteiger charge is -1.87. The molecule has 0 saturated carbocycles. The van der Waals surface area contributed by atoms with E-state index in [-0.39, 0.29) is 0 Å². The van der Waals surface area contributed by atoms with Crippen LogP contribution in [0.15, 0.2) is 71.4 Å². The summed E-state index contributed by atoms with van der Waals surface area (Å²) in [6, 6.07) is 21.6. The number of rotatable bonds is 8. The van der Waals surface area contributed by atoms with Gasteiger partial charge in [0.15, 0.2) is 0 Å². The molecule has 0 aliphatic heterocycles. The first kappa shape index (κ1) is 22.3. The van der Waals surface area contributed by atoms with E-state index in [1.165, 1.54) is 39.0 Å². The van der Waals surface area contributed by atoms with Gasteiger partial charge in [-0.1, -0.05) is 12.1 Å². The van der Waals surface area contributed by atoms with Crippen molar-refractivity contribution < 1.29 is 0 Å². The Kier molecular flexibility index (Phi) is 7.46. The average Bonchev–Trinajstić information content (AvgIpc) is 3.66. The zero-order valence-corrected chi connectivity index (χ0v) is 21.7. The maximum Gasteiger partial charge on any atom is 0.0277 e. The Morgan fingerprint density at radius 1 is 0.333 bits per heavy atom. The molecule has 0 radical (unpaired) electrons. The molecule has 33 heavy (non-hydrogen) atoms. The first-order chi connectivity index (χ1) is 16.3. The zero-order valence-electron chi connectivity index (χ0n) is 17.6. The van der Waals surface area contributed by atoms with Crippen molar-refractivity contribution in [1.82, 2.24) is 0 Å². The maximum atomic E-state index is 2.21. The molecule has 0 aliphatic carbocycles. The molecule has 162 valence electrons. The molecule has 0 aliphatic rings. The van der Waals surface area contributed by atoms with Crippen LogP contribution in [0, 0.1) is 0 Å². The van der Waals surface area contributed by atoms with Crippen LogP contribution in [0.5, 0.6) is 0 Å². The van der Waals surface area contributed by atoms with Crippen molar-refractivity contribution in [3.8, 4) is 0 Å². The molecule has 5 aromatic heterocycles. The van der Waals surface area contributed by atoms with Gasteiger partial charge in [-0.15, -0.1) is 56.7 Å². The van der Waals surface area contributed by atoms with Crippen LogP contribution in [0.3, 0.4) is 0 Å². The van der Waals surface area contributed by atoms with Gasteiger partial charge in [-0.2, -0.15) is 0 Å². The second kappa shape index (κ2) is 11.1. The van der Waals surface area contributed by atoms with Crippen molar-refractivity contribution in [3.63, 3.8) is 0 Å². The Labute approximate surface area is 214 Å². The lowest BCUT2D eigenvalue weighted by atomic mass is 10.3. The van der Waals surface area contributed by atoms with E-state index in [0.29, 0.717) is 0 Å². The Bertz CT molecular complexity index is 1290. The summed E-state index contributed by atoms with van der Waals surface area (Å²) in [5, 5.41) is 4.21. The Morgan fingerprint density at radius 3 is 0.848 bits per heavy atom. The van der Waals surface area contributed by atoms with Crippen LogP contribution in [0.2, 0.25) is 0 Å². The van der Waals surface area contributed by atoms with Crippen LogP contribution in [-0.4, -0.2) is 0 Å². The fraction of sp³-hybridized carbons (Fsp3) is 0. The molecule has 5 heterocycles. The second-order valence-electron chi connectivity index (χ2n) is 7.08. The molecule has 0 atom stereocenters. The van der Waals surface area contributed by atoms with Gasteiger partial charge in [0, 0.05) is 39.0 Å². The minimum Gasteiger partial charge on any atom is -0.144 e. The standard InChI is InChI=1S/C28H20S5/c1-3-21(29-19-1)5-7-23-9-11-25(31-23)13-15-27-17-18-28(33-27)16-14-26-12-10-24(32-26)8-6-22-4-2-20-30-22/h1-20H. The minimum atomic E-state index is 1.27. The summed E-state index contributed by atoms with van der Waals surface area (Å²) in [5.74, 6) is 0. The highest BCUT2D eigenvalue weighted by atomic mass is 32.1. The van der Waals surface area contributed by atoms with Crippen molar-refractivity contribution in [2.75, 3.05) is 0 Å². The summed E-state index contributed by atoms with van der Waals surface area (Å²) in [5.41, 5.74) is 0. The summed E-state index contributed by atoms with van der Waals surface area (Å²) < 4.78 is 0. The molecule has 0 N–H and O–H groups in total. The summed E-state index contributed by atoms with van der Waals surface area (Å²) in [6.07, 6.45) is 17.6. The van der Waals surface area contributed by atoms with Gasteiger partial charge in [-0.05, 0) is 108 Å². The van der Waals surface area contributed by atoms with Gasteiger partial charge in [0.1, 0.15) is 0 Å². The summed E-state index contributed by atoms with van der Waals surface area (Å²) in [7, 11) is 0. The Morgan fingerprint density at radius 2 is 0.606 bits per heavy atom. The van der Waals surface area contributed by atoms with E-state index in [9.17, 15) is 0 Å². The van der Waals surface area contributed by atoms with Crippen molar-refractivity contribution in [2.24, 2.45) is 0 Å². The van der Waals surface area contributed by atoms with Crippen molar-refractivity contribution in [3.05, 3.63) is 110 Å². The molecule has 0 nitrogen and oxygen atoms in total. The van der Waals surface area contributed by atoms with Crippen molar-refractivity contribution in [2.45, 2.75) is 0 Å². The van der Waals surface area contributed by atoms with Crippen molar-refractivity contribution >= 4 is 105 Å². The summed E-state index contributed by atoms with van der Waals surface area (Å²) in [6.45, 7) is 0. The molecule has 0 aromatic carbocycles. The lowest BCUT2D eigenvalue weighted by Crippen LogP contribution is -1.59. The molecule has 5 aromatic rings. The molecular formula is C28H20S5. The SMILES string of the molecule is C(=Cc1ccc(C=Cc2ccc(C=Cc3ccc(C=Cc4cccs4)s3)s2)s1)c1cccs1. The smallest absolute Gasteiger partial charge is 0.0277 e. The molecule has 0 amide bonds. The van der Waals surface area contributed by atoms with Crippen LogP contribution in [0.1, 0.15) is 39.0 Å². The number of thiophene rings is 5. The first-order valence-corrected chi connectivity index (χ1v) is 14.6. The van der Waals surface area contributed by atoms with E-state index >= 15 is 0 Å². The van der Waals surface area contributed by atoms with Gasteiger partial charge in [0.25, 0.3) is 0 Å². The molecule has 0 saturated heterocycles. The lowest BCUT2D eigenvalue weighted by molar-refractivity contribution is 1.90. The predicted molar refractivity (Wildman–Crippen MR) is 157 cm³/mol. The van der Waals surface area contributed by atoms with Crippen LogP contribution >= 0.6 is 56.7 Å². The van der Waals surface area contributed by atoms with Crippen LogP contribution in [-0.2, 0) is 0 Å². The minimum absolute atomic E-state index is 1.27. The molecular weight excluding hydrogens is 497 g/mol. The zero-order chi connectivity index (χ0) is 22.3. The van der Waals surface area contributed by atoms with Crippen LogP contribution in [0.4, 0.5) is 0 Å². The third-order valence-electron chi connectivity index (χ3n) is 4.68. The van der Waals surface area contributed by atoms with E-state index in [4.69, 9.17) is 0 Å². The highest BCUT2D eigenvalue weighted by Crippen LogP contribution is 2.26. The third kappa shape index (κ3) is 6.50. The van der Waals surface area contributed by atoms with E-state index in [2.05, 4.69) is 120 Å². The van der Waals surface area contributed by atoms with E-state index in [1.807, 2.05) is 34.0 Å². The van der Waals surface area contributed by atoms with E-state index < -0.39 is 0 Å². The van der Waals surface area contributed by atoms with Gasteiger partial charge in [0.05, 0.1) is 0 Å². The van der Waals surface area contributed by atoms with Crippen molar-refractivity contribution in [1.29, 1.82) is 0 Å². The predicted octanol–water partition coefficient (Wildman–Crippen LogP) is 10.7. The Balaban J connectivity index is 1.18. The van der Waals surface area contributed by atoms with Crippen LogP contribution < -0.4 is 0 Å². The van der Waals surface area contributed by atoms with Gasteiger partial charge in [-0.3, -0.25) is 0 Å². The van der Waals surface area contributed by atoms with Gasteiger partial charge < -0.3 is 0 Å². The quantitative estimate of drug-likeness (QED) is 0.192.